The van der Waals surface area contributed by atoms with Gasteiger partial charge in [0.15, 0.2) is 0 Å². The standard InChI is InChI=1S/C17H30N2/c1-5-7-9-15(6-2)13-19(4)14(3)16-10-8-11-17(18)12-16/h8,10-12,14-15H,5-7,9,13,18H2,1-4H3. The zero-order valence-corrected chi connectivity index (χ0v) is 13.0. The number of nitrogens with two attached hydrogens (primary N) is 1. The van der Waals surface area contributed by atoms with Gasteiger partial charge >= 0.3 is 0 Å². The number of hydrogen-bond donors (Lipinski definition) is 1. The van der Waals surface area contributed by atoms with Gasteiger partial charge in [0.1, 0.15) is 0 Å². The molecule has 0 amide bonds. The van der Waals surface area contributed by atoms with Gasteiger partial charge in [-0.05, 0) is 44.0 Å². The number of rotatable bonds is 8. The highest BCUT2D eigenvalue weighted by Gasteiger charge is 2.15. The van der Waals surface area contributed by atoms with Crippen LogP contribution in [-0.4, -0.2) is 18.5 Å². The molecule has 108 valence electrons. The molecular formula is C17H30N2. The first kappa shape index (κ1) is 16.0. The van der Waals surface area contributed by atoms with Gasteiger partial charge in [-0.3, -0.25) is 4.90 Å². The van der Waals surface area contributed by atoms with Crippen molar-refractivity contribution < 1.29 is 0 Å². The lowest BCUT2D eigenvalue weighted by atomic mass is 9.97. The molecule has 19 heavy (non-hydrogen) atoms. The Morgan fingerprint density at radius 1 is 1.26 bits per heavy atom. The average molecular weight is 262 g/mol. The summed E-state index contributed by atoms with van der Waals surface area (Å²) in [6, 6.07) is 8.69. The number of unbranched alkanes of at least 4 members (excludes halogenated alkanes) is 1. The molecule has 1 aromatic carbocycles. The van der Waals surface area contributed by atoms with E-state index in [4.69, 9.17) is 5.73 Å². The maximum Gasteiger partial charge on any atom is 0.0317 e. The highest BCUT2D eigenvalue weighted by Crippen LogP contribution is 2.23. The third-order valence-corrected chi connectivity index (χ3v) is 4.14. The van der Waals surface area contributed by atoms with E-state index in [1.54, 1.807) is 0 Å². The summed E-state index contributed by atoms with van der Waals surface area (Å²) in [4.78, 5) is 2.46. The minimum absolute atomic E-state index is 0.430. The van der Waals surface area contributed by atoms with Crippen LogP contribution in [0, 0.1) is 5.92 Å². The van der Waals surface area contributed by atoms with Gasteiger partial charge in [0.25, 0.3) is 0 Å². The van der Waals surface area contributed by atoms with Gasteiger partial charge in [-0.1, -0.05) is 45.2 Å². The third-order valence-electron chi connectivity index (χ3n) is 4.14. The number of hydrogen-bond acceptors (Lipinski definition) is 2. The minimum Gasteiger partial charge on any atom is -0.399 e. The number of nitrogens with zero attached hydrogens (tertiary/aromatic N) is 1. The first-order valence-corrected chi connectivity index (χ1v) is 7.64. The fourth-order valence-electron chi connectivity index (χ4n) is 2.56. The molecular weight excluding hydrogens is 232 g/mol. The highest BCUT2D eigenvalue weighted by atomic mass is 15.1. The summed E-state index contributed by atoms with van der Waals surface area (Å²) in [5, 5.41) is 0. The van der Waals surface area contributed by atoms with Crippen molar-refractivity contribution in [1.82, 2.24) is 4.90 Å². The van der Waals surface area contributed by atoms with Crippen LogP contribution >= 0.6 is 0 Å². The van der Waals surface area contributed by atoms with Gasteiger partial charge in [-0.15, -0.1) is 0 Å². The van der Waals surface area contributed by atoms with E-state index >= 15 is 0 Å². The Morgan fingerprint density at radius 3 is 2.58 bits per heavy atom. The molecule has 0 aliphatic rings. The molecule has 0 saturated heterocycles. The average Bonchev–Trinajstić information content (AvgIpc) is 2.42. The van der Waals surface area contributed by atoms with Crippen LogP contribution < -0.4 is 5.73 Å². The normalized spacial score (nSPS) is 14.6. The molecule has 2 N–H and O–H groups in total. The molecule has 2 atom stereocenters. The molecule has 0 spiro atoms. The number of nitrogen functional groups attached to an aromatic ring is 1. The summed E-state index contributed by atoms with van der Waals surface area (Å²) in [5.74, 6) is 0.813. The fourth-order valence-corrected chi connectivity index (χ4v) is 2.56. The Hall–Kier alpha value is -1.02. The molecule has 0 aromatic heterocycles. The zero-order valence-electron chi connectivity index (χ0n) is 13.0. The monoisotopic (exact) mass is 262 g/mol. The molecule has 1 aromatic rings. The van der Waals surface area contributed by atoms with E-state index in [9.17, 15) is 0 Å². The van der Waals surface area contributed by atoms with Gasteiger partial charge in [0.2, 0.25) is 0 Å². The summed E-state index contributed by atoms with van der Waals surface area (Å²) >= 11 is 0. The predicted octanol–water partition coefficient (Wildman–Crippen LogP) is 4.48. The van der Waals surface area contributed by atoms with Crippen LogP contribution in [0.1, 0.15) is 58.1 Å². The van der Waals surface area contributed by atoms with E-state index in [1.807, 2.05) is 12.1 Å². The van der Waals surface area contributed by atoms with Crippen LogP contribution in [-0.2, 0) is 0 Å². The summed E-state index contributed by atoms with van der Waals surface area (Å²) in [7, 11) is 2.22. The minimum atomic E-state index is 0.430. The first-order chi connectivity index (χ1) is 9.08. The molecule has 2 nitrogen and oxygen atoms in total. The predicted molar refractivity (Wildman–Crippen MR) is 85.2 cm³/mol. The Morgan fingerprint density at radius 2 is 2.00 bits per heavy atom. The maximum atomic E-state index is 5.87. The van der Waals surface area contributed by atoms with Crippen LogP contribution in [0.3, 0.4) is 0 Å². The maximum absolute atomic E-state index is 5.87. The van der Waals surface area contributed by atoms with E-state index in [2.05, 4.69) is 44.9 Å². The van der Waals surface area contributed by atoms with Crippen LogP contribution in [0.2, 0.25) is 0 Å². The molecule has 0 heterocycles. The second-order valence-corrected chi connectivity index (χ2v) is 5.70. The summed E-state index contributed by atoms with van der Waals surface area (Å²) in [6.45, 7) is 8.01. The molecule has 0 saturated carbocycles. The van der Waals surface area contributed by atoms with Crippen molar-refractivity contribution >= 4 is 5.69 Å². The SMILES string of the molecule is CCCCC(CC)CN(C)C(C)c1cccc(N)c1. The van der Waals surface area contributed by atoms with Crippen molar-refractivity contribution in [2.45, 2.75) is 52.5 Å². The lowest BCUT2D eigenvalue weighted by Gasteiger charge is -2.29. The molecule has 0 fully saturated rings. The number of anilines is 1. The molecule has 0 aliphatic carbocycles. The first-order valence-electron chi connectivity index (χ1n) is 7.64. The van der Waals surface area contributed by atoms with Gasteiger partial charge in [0, 0.05) is 18.3 Å². The van der Waals surface area contributed by atoms with Crippen molar-refractivity contribution in [2.75, 3.05) is 19.3 Å². The van der Waals surface area contributed by atoms with E-state index in [0.29, 0.717) is 6.04 Å². The van der Waals surface area contributed by atoms with Gasteiger partial charge in [-0.2, -0.15) is 0 Å². The molecule has 2 heteroatoms. The highest BCUT2D eigenvalue weighted by molar-refractivity contribution is 5.41. The van der Waals surface area contributed by atoms with Crippen molar-refractivity contribution in [1.29, 1.82) is 0 Å². The smallest absolute Gasteiger partial charge is 0.0317 e. The largest absolute Gasteiger partial charge is 0.399 e. The van der Waals surface area contributed by atoms with Crippen molar-refractivity contribution in [2.24, 2.45) is 5.92 Å². The quantitative estimate of drug-likeness (QED) is 0.700. The molecule has 0 bridgehead atoms. The van der Waals surface area contributed by atoms with Gasteiger partial charge < -0.3 is 5.73 Å². The Labute approximate surface area is 119 Å². The number of benzene rings is 1. The second-order valence-electron chi connectivity index (χ2n) is 5.70. The van der Waals surface area contributed by atoms with Crippen LogP contribution in [0.25, 0.3) is 0 Å². The zero-order chi connectivity index (χ0) is 14.3. The Kier molecular flexibility index (Phi) is 6.93. The second kappa shape index (κ2) is 8.21. The van der Waals surface area contributed by atoms with Crippen LogP contribution in [0.4, 0.5) is 5.69 Å². The van der Waals surface area contributed by atoms with E-state index < -0.39 is 0 Å². The lowest BCUT2D eigenvalue weighted by molar-refractivity contribution is 0.209. The van der Waals surface area contributed by atoms with Gasteiger partial charge in [0.05, 0.1) is 0 Å². The van der Waals surface area contributed by atoms with E-state index in [-0.39, 0.29) is 0 Å². The Bertz CT molecular complexity index is 362. The summed E-state index contributed by atoms with van der Waals surface area (Å²) in [5.41, 5.74) is 8.04. The van der Waals surface area contributed by atoms with E-state index in [1.165, 1.54) is 37.8 Å². The molecule has 2 unspecified atom stereocenters. The van der Waals surface area contributed by atoms with Crippen molar-refractivity contribution in [3.8, 4) is 0 Å². The molecule has 0 aliphatic heterocycles. The molecule has 0 radical (unpaired) electrons. The summed E-state index contributed by atoms with van der Waals surface area (Å²) in [6.07, 6.45) is 5.26. The van der Waals surface area contributed by atoms with E-state index in [0.717, 1.165) is 11.6 Å². The fraction of sp³-hybridized carbons (Fsp3) is 0.647. The van der Waals surface area contributed by atoms with Crippen molar-refractivity contribution in [3.63, 3.8) is 0 Å². The Balaban J connectivity index is 2.58. The van der Waals surface area contributed by atoms with Crippen LogP contribution in [0.5, 0.6) is 0 Å². The van der Waals surface area contributed by atoms with Gasteiger partial charge in [-0.25, -0.2) is 0 Å². The van der Waals surface area contributed by atoms with Crippen LogP contribution in [0.15, 0.2) is 24.3 Å². The molecule has 1 rings (SSSR count). The lowest BCUT2D eigenvalue weighted by Crippen LogP contribution is -2.28. The summed E-state index contributed by atoms with van der Waals surface area (Å²) < 4.78 is 0. The third kappa shape index (κ3) is 5.23. The topological polar surface area (TPSA) is 29.3 Å². The van der Waals surface area contributed by atoms with Crippen molar-refractivity contribution in [3.05, 3.63) is 29.8 Å².